The summed E-state index contributed by atoms with van der Waals surface area (Å²) >= 11 is 0. The van der Waals surface area contributed by atoms with Crippen LogP contribution in [-0.2, 0) is 22.2 Å². The summed E-state index contributed by atoms with van der Waals surface area (Å²) in [4.78, 5) is -0.223. The first-order valence-corrected chi connectivity index (χ1v) is 11.3. The van der Waals surface area contributed by atoms with Gasteiger partial charge in [-0.05, 0) is 77.6 Å². The summed E-state index contributed by atoms with van der Waals surface area (Å²) in [5.74, 6) is 0. The molecule has 172 valence electrons. The van der Waals surface area contributed by atoms with Gasteiger partial charge in [0.25, 0.3) is 0 Å². The van der Waals surface area contributed by atoms with E-state index in [1.165, 1.54) is 24.3 Å². The Balaban J connectivity index is 1.82. The van der Waals surface area contributed by atoms with Crippen molar-refractivity contribution in [2.75, 3.05) is 6.01 Å². The molecule has 0 bridgehead atoms. The fraction of sp³-hybridized carbons (Fsp3) is 0.364. The van der Waals surface area contributed by atoms with Crippen molar-refractivity contribution >= 4 is 21.0 Å². The number of rotatable bonds is 4. The highest BCUT2D eigenvalue weighted by molar-refractivity contribution is 7.91. The van der Waals surface area contributed by atoms with Crippen LogP contribution in [0.3, 0.4) is 0 Å². The van der Waals surface area contributed by atoms with Crippen LogP contribution in [0.15, 0.2) is 47.4 Å². The maximum Gasteiger partial charge on any atom is 0.417 e. The zero-order chi connectivity index (χ0) is 23.5. The van der Waals surface area contributed by atoms with Crippen molar-refractivity contribution in [1.29, 1.82) is 0 Å². The molecule has 2 aromatic carbocycles. The fourth-order valence-corrected chi connectivity index (χ4v) is 4.93. The third-order valence-corrected chi connectivity index (χ3v) is 7.39. The number of allylic oxidation sites excluding steroid dienone is 2. The summed E-state index contributed by atoms with van der Waals surface area (Å²) in [5, 5.41) is 0. The zero-order valence-electron chi connectivity index (χ0n) is 16.4. The largest absolute Gasteiger partial charge is 0.417 e. The minimum absolute atomic E-state index is 0.0598. The second kappa shape index (κ2) is 7.33. The van der Waals surface area contributed by atoms with E-state index >= 15 is 0 Å². The van der Waals surface area contributed by atoms with Crippen molar-refractivity contribution in [2.45, 2.75) is 42.9 Å². The quantitative estimate of drug-likeness (QED) is 0.448. The first-order valence-electron chi connectivity index (χ1n) is 9.66. The Morgan fingerprint density at radius 3 is 1.72 bits per heavy atom. The van der Waals surface area contributed by atoms with Crippen LogP contribution in [0.5, 0.6) is 0 Å². The molecule has 0 aliphatic heterocycles. The van der Waals surface area contributed by atoms with Crippen molar-refractivity contribution in [3.05, 3.63) is 64.7 Å². The van der Waals surface area contributed by atoms with E-state index in [2.05, 4.69) is 0 Å². The molecular formula is C22H17F7O2S. The minimum Gasteiger partial charge on any atom is -0.233 e. The second-order valence-corrected chi connectivity index (χ2v) is 10.2. The van der Waals surface area contributed by atoms with Crippen molar-refractivity contribution < 1.29 is 39.2 Å². The van der Waals surface area contributed by atoms with Crippen molar-refractivity contribution in [2.24, 2.45) is 5.41 Å². The highest BCUT2D eigenvalue weighted by Crippen LogP contribution is 2.63. The number of benzene rings is 2. The number of halogens is 7. The van der Waals surface area contributed by atoms with E-state index in [1.807, 2.05) is 0 Å². The lowest BCUT2D eigenvalue weighted by molar-refractivity contribution is -0.162. The van der Waals surface area contributed by atoms with Crippen LogP contribution in [0.2, 0.25) is 0 Å². The molecule has 1 spiro atoms. The highest BCUT2D eigenvalue weighted by atomic mass is 32.2. The van der Waals surface area contributed by atoms with Gasteiger partial charge in [-0.15, -0.1) is 0 Å². The van der Waals surface area contributed by atoms with Gasteiger partial charge in [-0.25, -0.2) is 12.8 Å². The predicted octanol–water partition coefficient (Wildman–Crippen LogP) is 6.91. The van der Waals surface area contributed by atoms with Gasteiger partial charge in [0.2, 0.25) is 9.84 Å². The Bertz CT molecular complexity index is 1190. The molecule has 1 fully saturated rings. The van der Waals surface area contributed by atoms with Gasteiger partial charge in [-0.2, -0.15) is 26.3 Å². The maximum absolute atomic E-state index is 13.4. The first-order chi connectivity index (χ1) is 14.8. The molecule has 2 nitrogen and oxygen atoms in total. The Kier molecular flexibility index (Phi) is 5.23. The molecule has 0 saturated heterocycles. The summed E-state index contributed by atoms with van der Waals surface area (Å²) in [6.07, 6.45) is -7.68. The van der Waals surface area contributed by atoms with E-state index in [9.17, 15) is 39.2 Å². The third-order valence-electron chi connectivity index (χ3n) is 6.11. The van der Waals surface area contributed by atoms with Crippen molar-refractivity contribution in [3.8, 4) is 0 Å². The van der Waals surface area contributed by atoms with E-state index in [0.29, 0.717) is 41.7 Å². The summed E-state index contributed by atoms with van der Waals surface area (Å²) in [6, 6.07) is 5.84. The third kappa shape index (κ3) is 4.16. The van der Waals surface area contributed by atoms with Gasteiger partial charge in [0.05, 0.1) is 16.0 Å². The Labute approximate surface area is 179 Å². The maximum atomic E-state index is 13.4. The number of hydrogen-bond donors (Lipinski definition) is 0. The average Bonchev–Trinajstić information content (AvgIpc) is 3.36. The Hall–Kier alpha value is -2.36. The summed E-state index contributed by atoms with van der Waals surface area (Å²) in [6.45, 7) is 0. The molecule has 4 rings (SSSR count). The van der Waals surface area contributed by atoms with Crippen LogP contribution in [0.4, 0.5) is 30.7 Å². The van der Waals surface area contributed by atoms with E-state index in [-0.39, 0.29) is 15.9 Å². The van der Waals surface area contributed by atoms with Gasteiger partial charge in [0.15, 0.2) is 6.01 Å². The minimum atomic E-state index is -5.18. The standard InChI is InChI=1S/C22H17F7O2S/c23-12-32(30,31)15-4-1-13(2-5-15)16-10-20(7-8-20)11-17(16)14-3-6-18(21(24,25)26)19(9-14)22(27,28)29/h1-6,9H,7-8,10-12H2. The highest BCUT2D eigenvalue weighted by Gasteiger charge is 2.49. The van der Waals surface area contributed by atoms with Crippen LogP contribution in [0.1, 0.15) is 47.9 Å². The molecular weight excluding hydrogens is 461 g/mol. The van der Waals surface area contributed by atoms with Crippen LogP contribution < -0.4 is 0 Å². The van der Waals surface area contributed by atoms with Crippen LogP contribution >= 0.6 is 0 Å². The Morgan fingerprint density at radius 2 is 1.25 bits per heavy atom. The van der Waals surface area contributed by atoms with Gasteiger partial charge < -0.3 is 0 Å². The van der Waals surface area contributed by atoms with Gasteiger partial charge in [0, 0.05) is 0 Å². The molecule has 0 radical (unpaired) electrons. The average molecular weight is 478 g/mol. The van der Waals surface area contributed by atoms with Gasteiger partial charge in [-0.1, -0.05) is 18.2 Å². The van der Waals surface area contributed by atoms with Gasteiger partial charge >= 0.3 is 12.4 Å². The number of alkyl halides is 7. The van der Waals surface area contributed by atoms with E-state index in [4.69, 9.17) is 0 Å². The molecule has 0 atom stereocenters. The molecule has 10 heteroatoms. The first kappa shape index (κ1) is 22.8. The Morgan fingerprint density at radius 1 is 0.750 bits per heavy atom. The summed E-state index contributed by atoms with van der Waals surface area (Å²) in [5.41, 5.74) is -1.82. The molecule has 0 unspecified atom stereocenters. The van der Waals surface area contributed by atoms with Crippen molar-refractivity contribution in [1.82, 2.24) is 0 Å². The molecule has 0 heterocycles. The fourth-order valence-electron chi connectivity index (χ4n) is 4.25. The smallest absolute Gasteiger partial charge is 0.233 e. The summed E-state index contributed by atoms with van der Waals surface area (Å²) in [7, 11) is -4.07. The monoisotopic (exact) mass is 478 g/mol. The van der Waals surface area contributed by atoms with E-state index < -0.39 is 39.3 Å². The van der Waals surface area contributed by atoms with Crippen LogP contribution in [0, 0.1) is 5.41 Å². The number of sulfone groups is 1. The normalized spacial score (nSPS) is 18.5. The lowest BCUT2D eigenvalue weighted by atomic mass is 9.93. The molecule has 2 aliphatic carbocycles. The topological polar surface area (TPSA) is 34.1 Å². The van der Waals surface area contributed by atoms with Crippen LogP contribution in [-0.4, -0.2) is 14.4 Å². The molecule has 0 aromatic heterocycles. The van der Waals surface area contributed by atoms with Gasteiger partial charge in [0.1, 0.15) is 0 Å². The van der Waals surface area contributed by atoms with Crippen LogP contribution in [0.25, 0.3) is 11.1 Å². The SMILES string of the molecule is O=S(=O)(CF)c1ccc(C2=C(c3ccc(C(F)(F)F)c(C(F)(F)F)c3)CC3(CC3)C2)cc1. The molecule has 1 saturated carbocycles. The number of hydrogen-bond acceptors (Lipinski definition) is 2. The molecule has 32 heavy (non-hydrogen) atoms. The lowest BCUT2D eigenvalue weighted by Gasteiger charge is -2.18. The van der Waals surface area contributed by atoms with E-state index in [0.717, 1.165) is 18.9 Å². The molecule has 2 aliphatic rings. The van der Waals surface area contributed by atoms with Crippen molar-refractivity contribution in [3.63, 3.8) is 0 Å². The predicted molar refractivity (Wildman–Crippen MR) is 104 cm³/mol. The summed E-state index contributed by atoms with van der Waals surface area (Å²) < 4.78 is 116. The van der Waals surface area contributed by atoms with E-state index in [1.54, 1.807) is 0 Å². The van der Waals surface area contributed by atoms with Gasteiger partial charge in [-0.3, -0.25) is 0 Å². The zero-order valence-corrected chi connectivity index (χ0v) is 17.3. The molecule has 0 N–H and O–H groups in total. The molecule has 0 amide bonds. The second-order valence-electron chi connectivity index (χ2n) is 8.31. The molecule has 2 aromatic rings. The lowest BCUT2D eigenvalue weighted by Crippen LogP contribution is -2.16.